The summed E-state index contributed by atoms with van der Waals surface area (Å²) >= 11 is 5.54. The van der Waals surface area contributed by atoms with Crippen LogP contribution in [0.15, 0.2) is 18.2 Å². The van der Waals surface area contributed by atoms with Crippen LogP contribution in [0.5, 0.6) is 0 Å². The van der Waals surface area contributed by atoms with Gasteiger partial charge in [-0.2, -0.15) is 0 Å². The third-order valence-corrected chi connectivity index (χ3v) is 3.10. The van der Waals surface area contributed by atoms with Crippen molar-refractivity contribution in [1.82, 2.24) is 0 Å². The quantitative estimate of drug-likeness (QED) is 0.459. The molecule has 0 N–H and O–H groups in total. The van der Waals surface area contributed by atoms with E-state index in [-0.39, 0.29) is 5.78 Å². The van der Waals surface area contributed by atoms with Gasteiger partial charge in [0, 0.05) is 14.5 Å². The number of benzene rings is 1. The van der Waals surface area contributed by atoms with Crippen molar-refractivity contribution in [3.8, 4) is 0 Å². The van der Waals surface area contributed by atoms with Crippen LogP contribution in [0.2, 0.25) is 0 Å². The predicted octanol–water partition coefficient (Wildman–Crippen LogP) is 3.39. The van der Waals surface area contributed by atoms with E-state index in [0.29, 0.717) is 0 Å². The maximum Gasteiger partial charge on any atom is 0.161 e. The van der Waals surface area contributed by atoms with Gasteiger partial charge < -0.3 is 0 Å². The zero-order valence-corrected chi connectivity index (χ0v) is 10.3. The van der Waals surface area contributed by atoms with E-state index in [2.05, 4.69) is 38.5 Å². The molecule has 1 aromatic rings. The van der Waals surface area contributed by atoms with Gasteiger partial charge in [-0.25, -0.2) is 0 Å². The van der Waals surface area contributed by atoms with Crippen molar-refractivity contribution in [2.24, 2.45) is 0 Å². The fourth-order valence-corrected chi connectivity index (χ4v) is 2.48. The fourth-order valence-electron chi connectivity index (χ4n) is 1.07. The minimum Gasteiger partial charge on any atom is -0.294 e. The van der Waals surface area contributed by atoms with Gasteiger partial charge in [0.25, 0.3) is 0 Å². The smallest absolute Gasteiger partial charge is 0.161 e. The Bertz CT molecular complexity index is 309. The third-order valence-electron chi connectivity index (χ3n) is 1.60. The lowest BCUT2D eigenvalue weighted by Crippen LogP contribution is -2.00. The number of rotatable bonds is 2. The summed E-state index contributed by atoms with van der Waals surface area (Å²) in [6.45, 7) is 1.60. The van der Waals surface area contributed by atoms with Gasteiger partial charge in [-0.15, -0.1) is 0 Å². The van der Waals surface area contributed by atoms with Crippen LogP contribution in [-0.2, 0) is 5.33 Å². The van der Waals surface area contributed by atoms with E-state index in [1.54, 1.807) is 6.92 Å². The van der Waals surface area contributed by atoms with E-state index in [1.807, 2.05) is 18.2 Å². The summed E-state index contributed by atoms with van der Waals surface area (Å²) in [6, 6.07) is 5.88. The van der Waals surface area contributed by atoms with Crippen LogP contribution in [0, 0.1) is 3.57 Å². The van der Waals surface area contributed by atoms with Crippen molar-refractivity contribution < 1.29 is 4.79 Å². The Kier molecular flexibility index (Phi) is 3.71. The van der Waals surface area contributed by atoms with E-state index in [0.717, 1.165) is 20.0 Å². The Morgan fingerprint density at radius 3 is 2.67 bits per heavy atom. The number of carbonyl (C=O) groups is 1. The number of carbonyl (C=O) groups excluding carboxylic acids is 1. The molecule has 64 valence electrons. The third kappa shape index (κ3) is 2.07. The number of hydrogen-bond acceptors (Lipinski definition) is 1. The molecule has 0 radical (unpaired) electrons. The van der Waals surface area contributed by atoms with Gasteiger partial charge in [-0.3, -0.25) is 4.79 Å². The number of Topliss-reactive ketones (excluding diaryl/α,β-unsaturated/α-hetero) is 1. The molecule has 0 aliphatic heterocycles. The van der Waals surface area contributed by atoms with Crippen molar-refractivity contribution >= 4 is 44.3 Å². The lowest BCUT2D eigenvalue weighted by molar-refractivity contribution is 0.101. The summed E-state index contributed by atoms with van der Waals surface area (Å²) in [5.74, 6) is 0.134. The molecular weight excluding hydrogens is 331 g/mol. The minimum absolute atomic E-state index is 0.134. The van der Waals surface area contributed by atoms with Crippen LogP contribution in [0.4, 0.5) is 0 Å². The van der Waals surface area contributed by atoms with Crippen LogP contribution in [0.1, 0.15) is 22.8 Å². The number of hydrogen-bond donors (Lipinski definition) is 0. The van der Waals surface area contributed by atoms with Crippen molar-refractivity contribution in [3.63, 3.8) is 0 Å². The first-order valence-electron chi connectivity index (χ1n) is 3.51. The standard InChI is InChI=1S/C9H8BrIO/c1-6(12)9-7(5-10)3-2-4-8(9)11/h2-4H,5H2,1H3. The molecule has 0 bridgehead atoms. The van der Waals surface area contributed by atoms with Crippen LogP contribution >= 0.6 is 38.5 Å². The normalized spacial score (nSPS) is 9.92. The number of alkyl halides is 1. The molecule has 0 aromatic heterocycles. The lowest BCUT2D eigenvalue weighted by atomic mass is 10.1. The first-order valence-corrected chi connectivity index (χ1v) is 5.71. The molecule has 0 aliphatic rings. The molecule has 3 heteroatoms. The highest BCUT2D eigenvalue weighted by Crippen LogP contribution is 2.19. The van der Waals surface area contributed by atoms with E-state index < -0.39 is 0 Å². The van der Waals surface area contributed by atoms with Gasteiger partial charge in [-0.05, 0) is 41.1 Å². The van der Waals surface area contributed by atoms with Crippen molar-refractivity contribution in [2.45, 2.75) is 12.3 Å². The summed E-state index contributed by atoms with van der Waals surface area (Å²) in [5.41, 5.74) is 1.91. The molecule has 0 saturated heterocycles. The van der Waals surface area contributed by atoms with Gasteiger partial charge in [0.1, 0.15) is 0 Å². The Morgan fingerprint density at radius 2 is 2.25 bits per heavy atom. The van der Waals surface area contributed by atoms with Crippen molar-refractivity contribution in [2.75, 3.05) is 0 Å². The van der Waals surface area contributed by atoms with Gasteiger partial charge in [-0.1, -0.05) is 28.1 Å². The molecule has 0 amide bonds. The number of halogens is 2. The molecule has 0 atom stereocenters. The van der Waals surface area contributed by atoms with Crippen molar-refractivity contribution in [1.29, 1.82) is 0 Å². The highest BCUT2D eigenvalue weighted by molar-refractivity contribution is 14.1. The van der Waals surface area contributed by atoms with Crippen LogP contribution in [0.3, 0.4) is 0 Å². The van der Waals surface area contributed by atoms with Crippen LogP contribution in [-0.4, -0.2) is 5.78 Å². The fraction of sp³-hybridized carbons (Fsp3) is 0.222. The van der Waals surface area contributed by atoms with E-state index in [1.165, 1.54) is 0 Å². The molecular formula is C9H8BrIO. The zero-order valence-electron chi connectivity index (χ0n) is 6.60. The highest BCUT2D eigenvalue weighted by Gasteiger charge is 2.09. The Labute approximate surface area is 93.8 Å². The predicted molar refractivity (Wildman–Crippen MR) is 61.8 cm³/mol. The summed E-state index contributed by atoms with van der Waals surface area (Å²) in [6.07, 6.45) is 0. The van der Waals surface area contributed by atoms with Crippen LogP contribution < -0.4 is 0 Å². The molecule has 0 unspecified atom stereocenters. The molecule has 1 nitrogen and oxygen atoms in total. The SMILES string of the molecule is CC(=O)c1c(I)cccc1CBr. The molecule has 1 aromatic carbocycles. The maximum absolute atomic E-state index is 11.2. The molecule has 0 saturated carbocycles. The average molecular weight is 339 g/mol. The van der Waals surface area contributed by atoms with Gasteiger partial charge in [0.15, 0.2) is 5.78 Å². The molecule has 12 heavy (non-hydrogen) atoms. The first-order chi connectivity index (χ1) is 5.66. The largest absolute Gasteiger partial charge is 0.294 e. The monoisotopic (exact) mass is 338 g/mol. The topological polar surface area (TPSA) is 17.1 Å². The van der Waals surface area contributed by atoms with Crippen LogP contribution in [0.25, 0.3) is 0 Å². The summed E-state index contributed by atoms with van der Waals surface area (Å²) in [5, 5.41) is 0.735. The Morgan fingerprint density at radius 1 is 1.58 bits per heavy atom. The van der Waals surface area contributed by atoms with E-state index in [4.69, 9.17) is 0 Å². The first kappa shape index (κ1) is 10.2. The zero-order chi connectivity index (χ0) is 9.14. The van der Waals surface area contributed by atoms with Crippen molar-refractivity contribution in [3.05, 3.63) is 32.9 Å². The Hall–Kier alpha value is 0.1000. The second-order valence-electron chi connectivity index (χ2n) is 2.46. The molecule has 0 fully saturated rings. The highest BCUT2D eigenvalue weighted by atomic mass is 127. The molecule has 0 aliphatic carbocycles. The van der Waals surface area contributed by atoms with Gasteiger partial charge in [0.2, 0.25) is 0 Å². The second kappa shape index (κ2) is 4.37. The summed E-state index contributed by atoms with van der Waals surface area (Å²) in [4.78, 5) is 11.2. The minimum atomic E-state index is 0.134. The van der Waals surface area contributed by atoms with Gasteiger partial charge in [0.05, 0.1) is 0 Å². The number of ketones is 1. The van der Waals surface area contributed by atoms with Gasteiger partial charge >= 0.3 is 0 Å². The summed E-state index contributed by atoms with van der Waals surface area (Å²) < 4.78 is 1.03. The molecule has 0 spiro atoms. The molecule has 1 rings (SSSR count). The Balaban J connectivity index is 3.29. The lowest BCUT2D eigenvalue weighted by Gasteiger charge is -2.04. The maximum atomic E-state index is 11.2. The second-order valence-corrected chi connectivity index (χ2v) is 4.19. The molecule has 0 heterocycles. The van der Waals surface area contributed by atoms with E-state index >= 15 is 0 Å². The summed E-state index contributed by atoms with van der Waals surface area (Å²) in [7, 11) is 0. The average Bonchev–Trinajstić information content (AvgIpc) is 2.03. The van der Waals surface area contributed by atoms with E-state index in [9.17, 15) is 4.79 Å².